The number of hydrogen-bond acceptors (Lipinski definition) is 6. The number of benzene rings is 2. The summed E-state index contributed by atoms with van der Waals surface area (Å²) in [6.07, 6.45) is 1.57. The van der Waals surface area contributed by atoms with Gasteiger partial charge in [0.05, 0.1) is 25.4 Å². The number of thiophene rings is 1. The standard InChI is InChI=1S/C25H21N3O3S/c1-15-8-9-17(10-16(15)2)20-13-32-24-23(20)25(29)28(14-26-24)12-18-11-21(27-31-18)19-6-4-5-7-22(19)30-3/h4-11,13-14H,12H2,1-3H3. The molecule has 160 valence electrons. The zero-order valence-corrected chi connectivity index (χ0v) is 18.8. The Morgan fingerprint density at radius 3 is 2.72 bits per heavy atom. The molecule has 3 aromatic heterocycles. The van der Waals surface area contributed by atoms with Gasteiger partial charge in [0.25, 0.3) is 5.56 Å². The van der Waals surface area contributed by atoms with Crippen LogP contribution in [0, 0.1) is 13.8 Å². The van der Waals surface area contributed by atoms with Crippen LogP contribution in [0.1, 0.15) is 16.9 Å². The molecule has 3 heterocycles. The number of para-hydroxylation sites is 1. The molecule has 0 radical (unpaired) electrons. The van der Waals surface area contributed by atoms with Crippen LogP contribution in [0.15, 0.2) is 69.6 Å². The summed E-state index contributed by atoms with van der Waals surface area (Å²) in [5.74, 6) is 1.28. The summed E-state index contributed by atoms with van der Waals surface area (Å²) < 4.78 is 12.5. The Morgan fingerprint density at radius 2 is 1.91 bits per heavy atom. The molecule has 5 rings (SSSR count). The van der Waals surface area contributed by atoms with Crippen LogP contribution in [-0.2, 0) is 6.54 Å². The zero-order chi connectivity index (χ0) is 22.2. The van der Waals surface area contributed by atoms with E-state index in [2.05, 4.69) is 42.2 Å². The van der Waals surface area contributed by atoms with Gasteiger partial charge in [0, 0.05) is 22.6 Å². The molecule has 6 nitrogen and oxygen atoms in total. The van der Waals surface area contributed by atoms with Crippen molar-refractivity contribution < 1.29 is 9.26 Å². The van der Waals surface area contributed by atoms with Gasteiger partial charge in [-0.3, -0.25) is 9.36 Å². The van der Waals surface area contributed by atoms with E-state index in [9.17, 15) is 4.79 Å². The number of fused-ring (bicyclic) bond motifs is 1. The quantitative estimate of drug-likeness (QED) is 0.361. The van der Waals surface area contributed by atoms with E-state index >= 15 is 0 Å². The van der Waals surface area contributed by atoms with Crippen molar-refractivity contribution in [2.45, 2.75) is 20.4 Å². The molecule has 0 aliphatic heterocycles. The molecule has 5 aromatic rings. The smallest absolute Gasteiger partial charge is 0.263 e. The minimum absolute atomic E-state index is 0.0975. The number of aromatic nitrogens is 3. The lowest BCUT2D eigenvalue weighted by molar-refractivity contribution is 0.375. The van der Waals surface area contributed by atoms with Gasteiger partial charge in [0.1, 0.15) is 16.3 Å². The maximum Gasteiger partial charge on any atom is 0.263 e. The van der Waals surface area contributed by atoms with Gasteiger partial charge >= 0.3 is 0 Å². The number of nitrogens with zero attached hydrogens (tertiary/aromatic N) is 3. The van der Waals surface area contributed by atoms with Crippen molar-refractivity contribution in [1.29, 1.82) is 0 Å². The maximum absolute atomic E-state index is 13.4. The zero-order valence-electron chi connectivity index (χ0n) is 18.0. The van der Waals surface area contributed by atoms with Crippen LogP contribution in [0.2, 0.25) is 0 Å². The summed E-state index contributed by atoms with van der Waals surface area (Å²) in [6, 6.07) is 15.7. The first-order valence-corrected chi connectivity index (χ1v) is 11.1. The van der Waals surface area contributed by atoms with Crippen LogP contribution < -0.4 is 10.3 Å². The molecule has 0 bridgehead atoms. The first-order chi connectivity index (χ1) is 15.5. The van der Waals surface area contributed by atoms with E-state index in [0.29, 0.717) is 22.6 Å². The van der Waals surface area contributed by atoms with Crippen LogP contribution in [0.3, 0.4) is 0 Å². The molecule has 0 amide bonds. The highest BCUT2D eigenvalue weighted by atomic mass is 32.1. The number of aryl methyl sites for hydroxylation is 2. The summed E-state index contributed by atoms with van der Waals surface area (Å²) >= 11 is 1.48. The highest BCUT2D eigenvalue weighted by molar-refractivity contribution is 7.17. The number of hydrogen-bond donors (Lipinski definition) is 0. The molecule has 7 heteroatoms. The number of ether oxygens (including phenoxy) is 1. The highest BCUT2D eigenvalue weighted by Crippen LogP contribution is 2.32. The predicted octanol–water partition coefficient (Wildman–Crippen LogP) is 5.45. The van der Waals surface area contributed by atoms with Gasteiger partial charge in [-0.25, -0.2) is 4.98 Å². The summed E-state index contributed by atoms with van der Waals surface area (Å²) in [5.41, 5.74) is 5.74. The molecule has 0 fully saturated rings. The summed E-state index contributed by atoms with van der Waals surface area (Å²) in [6.45, 7) is 4.40. The first-order valence-electron chi connectivity index (χ1n) is 10.2. The minimum Gasteiger partial charge on any atom is -0.496 e. The van der Waals surface area contributed by atoms with Gasteiger partial charge in [-0.15, -0.1) is 11.3 Å². The molecule has 0 N–H and O–H groups in total. The largest absolute Gasteiger partial charge is 0.496 e. The minimum atomic E-state index is -0.0975. The third kappa shape index (κ3) is 3.50. The van der Waals surface area contributed by atoms with Crippen molar-refractivity contribution in [3.63, 3.8) is 0 Å². The molecule has 0 aliphatic rings. The van der Waals surface area contributed by atoms with Crippen LogP contribution in [-0.4, -0.2) is 21.8 Å². The summed E-state index contributed by atoms with van der Waals surface area (Å²) in [7, 11) is 1.62. The monoisotopic (exact) mass is 443 g/mol. The second kappa shape index (κ2) is 8.09. The highest BCUT2D eigenvalue weighted by Gasteiger charge is 2.16. The van der Waals surface area contributed by atoms with Crippen LogP contribution in [0.5, 0.6) is 5.75 Å². The molecule has 0 aliphatic carbocycles. The van der Waals surface area contributed by atoms with E-state index in [1.807, 2.05) is 35.7 Å². The molecule has 0 atom stereocenters. The van der Waals surface area contributed by atoms with Crippen molar-refractivity contribution in [3.05, 3.63) is 87.5 Å². The van der Waals surface area contributed by atoms with Gasteiger partial charge in [0.15, 0.2) is 5.76 Å². The molecule has 0 saturated carbocycles. The van der Waals surface area contributed by atoms with E-state index in [1.165, 1.54) is 22.5 Å². The Kier molecular flexibility index (Phi) is 5.11. The normalized spacial score (nSPS) is 11.2. The van der Waals surface area contributed by atoms with E-state index < -0.39 is 0 Å². The molecule has 2 aromatic carbocycles. The fourth-order valence-electron chi connectivity index (χ4n) is 3.74. The predicted molar refractivity (Wildman–Crippen MR) is 126 cm³/mol. The van der Waals surface area contributed by atoms with Gasteiger partial charge in [-0.05, 0) is 42.7 Å². The lowest BCUT2D eigenvalue weighted by Gasteiger charge is -2.06. The van der Waals surface area contributed by atoms with Gasteiger partial charge in [-0.1, -0.05) is 35.5 Å². The van der Waals surface area contributed by atoms with Gasteiger partial charge in [0.2, 0.25) is 0 Å². The van der Waals surface area contributed by atoms with Crippen LogP contribution >= 0.6 is 11.3 Å². The molecule has 0 spiro atoms. The van der Waals surface area contributed by atoms with Crippen molar-refractivity contribution in [2.24, 2.45) is 0 Å². The van der Waals surface area contributed by atoms with Gasteiger partial charge in [-0.2, -0.15) is 0 Å². The van der Waals surface area contributed by atoms with Gasteiger partial charge < -0.3 is 9.26 Å². The lowest BCUT2D eigenvalue weighted by Crippen LogP contribution is -2.20. The average Bonchev–Trinajstić information content (AvgIpc) is 3.45. The third-order valence-corrected chi connectivity index (χ3v) is 6.53. The fraction of sp³-hybridized carbons (Fsp3) is 0.160. The topological polar surface area (TPSA) is 70.2 Å². The van der Waals surface area contributed by atoms with Crippen molar-refractivity contribution in [3.8, 4) is 28.1 Å². The molecule has 0 unspecified atom stereocenters. The molecular formula is C25H21N3O3S. The average molecular weight is 444 g/mol. The van der Waals surface area contributed by atoms with E-state index in [-0.39, 0.29) is 12.1 Å². The van der Waals surface area contributed by atoms with E-state index in [4.69, 9.17) is 9.26 Å². The Labute approximate surface area is 188 Å². The molecular weight excluding hydrogens is 422 g/mol. The molecule has 32 heavy (non-hydrogen) atoms. The van der Waals surface area contributed by atoms with E-state index in [1.54, 1.807) is 18.0 Å². The lowest BCUT2D eigenvalue weighted by atomic mass is 10.0. The summed E-state index contributed by atoms with van der Waals surface area (Å²) in [4.78, 5) is 18.6. The first kappa shape index (κ1) is 20.2. The maximum atomic E-state index is 13.4. The number of methoxy groups -OCH3 is 1. The van der Waals surface area contributed by atoms with Crippen molar-refractivity contribution in [2.75, 3.05) is 7.11 Å². The van der Waals surface area contributed by atoms with E-state index in [0.717, 1.165) is 21.5 Å². The Bertz CT molecular complexity index is 1500. The summed E-state index contributed by atoms with van der Waals surface area (Å²) in [5, 5.41) is 6.80. The van der Waals surface area contributed by atoms with Crippen LogP contribution in [0.4, 0.5) is 0 Å². The Balaban J connectivity index is 1.52. The van der Waals surface area contributed by atoms with Crippen LogP contribution in [0.25, 0.3) is 32.6 Å². The van der Waals surface area contributed by atoms with Crippen molar-refractivity contribution in [1.82, 2.24) is 14.7 Å². The van der Waals surface area contributed by atoms with Crippen molar-refractivity contribution >= 4 is 21.6 Å². The second-order valence-corrected chi connectivity index (χ2v) is 8.54. The molecule has 0 saturated heterocycles. The Morgan fingerprint density at radius 1 is 1.06 bits per heavy atom. The fourth-order valence-corrected chi connectivity index (χ4v) is 4.65. The second-order valence-electron chi connectivity index (χ2n) is 7.68. The number of rotatable bonds is 5. The Hall–Kier alpha value is -3.71. The SMILES string of the molecule is COc1ccccc1-c1cc(Cn2cnc3scc(-c4ccc(C)c(C)c4)c3c2=O)on1. The third-order valence-electron chi connectivity index (χ3n) is 5.65.